The van der Waals surface area contributed by atoms with E-state index in [1.807, 2.05) is 26.0 Å². The molecule has 0 bridgehead atoms. The first-order valence-electron chi connectivity index (χ1n) is 8.97. The lowest BCUT2D eigenvalue weighted by Gasteiger charge is -2.24. The van der Waals surface area contributed by atoms with Gasteiger partial charge in [0.05, 0.1) is 22.2 Å². The van der Waals surface area contributed by atoms with Crippen molar-refractivity contribution in [1.29, 1.82) is 5.41 Å². The average molecular weight is 401 g/mol. The summed E-state index contributed by atoms with van der Waals surface area (Å²) in [4.78, 5) is 32.2. The molecule has 1 amide bonds. The van der Waals surface area contributed by atoms with E-state index in [2.05, 4.69) is 4.99 Å². The van der Waals surface area contributed by atoms with Crippen LogP contribution < -0.4 is 10.3 Å². The molecule has 3 aromatic rings. The first-order chi connectivity index (χ1) is 13.9. The Labute approximate surface area is 170 Å². The largest absolute Gasteiger partial charge is 0.463 e. The number of amides is 1. The number of carbonyl (C=O) groups is 1. The Kier molecular flexibility index (Phi) is 3.82. The van der Waals surface area contributed by atoms with Crippen molar-refractivity contribution in [2.45, 2.75) is 18.7 Å². The smallest absolute Gasteiger partial charge is 0.283 e. The van der Waals surface area contributed by atoms with E-state index in [0.29, 0.717) is 16.1 Å². The van der Waals surface area contributed by atoms with Gasteiger partial charge in [-0.1, -0.05) is 12.1 Å². The lowest BCUT2D eigenvalue weighted by atomic mass is 10.1. The maximum atomic E-state index is 12.8. The van der Waals surface area contributed by atoms with Crippen molar-refractivity contribution in [2.75, 3.05) is 4.90 Å². The van der Waals surface area contributed by atoms with E-state index < -0.39 is 5.91 Å². The first kappa shape index (κ1) is 17.6. The minimum atomic E-state index is -0.539. The Morgan fingerprint density at radius 1 is 1.14 bits per heavy atom. The predicted molar refractivity (Wildman–Crippen MR) is 115 cm³/mol. The van der Waals surface area contributed by atoms with Crippen LogP contribution in [-0.2, 0) is 4.79 Å². The van der Waals surface area contributed by atoms with Gasteiger partial charge >= 0.3 is 0 Å². The third-order valence-corrected chi connectivity index (χ3v) is 6.12. The van der Waals surface area contributed by atoms with Crippen molar-refractivity contribution in [3.05, 3.63) is 75.1 Å². The summed E-state index contributed by atoms with van der Waals surface area (Å²) >= 11 is 1.37. The summed E-state index contributed by atoms with van der Waals surface area (Å²) in [5.74, 6) is -0.537. The van der Waals surface area contributed by atoms with Gasteiger partial charge in [0.2, 0.25) is 0 Å². The molecule has 142 valence electrons. The molecule has 1 N–H and O–H groups in total. The minimum Gasteiger partial charge on any atom is -0.463 e. The van der Waals surface area contributed by atoms with E-state index in [1.165, 1.54) is 24.1 Å². The van der Waals surface area contributed by atoms with E-state index in [4.69, 9.17) is 9.83 Å². The zero-order valence-electron chi connectivity index (χ0n) is 15.6. The number of thioether (sulfide) groups is 1. The number of nitrogens with zero attached hydrogens (tertiary/aromatic N) is 2. The molecule has 2 aliphatic rings. The van der Waals surface area contributed by atoms with Gasteiger partial charge in [0, 0.05) is 4.90 Å². The highest BCUT2D eigenvalue weighted by atomic mass is 32.2. The quantitative estimate of drug-likeness (QED) is 0.615. The summed E-state index contributed by atoms with van der Waals surface area (Å²) in [5, 5.41) is 9.54. The number of rotatable bonds is 1. The van der Waals surface area contributed by atoms with Crippen LogP contribution in [0.4, 0.5) is 5.69 Å². The number of aliphatic imine (C=N–C) groups is 1. The monoisotopic (exact) mass is 401 g/mol. The zero-order chi connectivity index (χ0) is 20.3. The average Bonchev–Trinajstić information content (AvgIpc) is 3.04. The van der Waals surface area contributed by atoms with Crippen LogP contribution in [0.25, 0.3) is 17.0 Å². The van der Waals surface area contributed by atoms with Crippen LogP contribution in [0.3, 0.4) is 0 Å². The summed E-state index contributed by atoms with van der Waals surface area (Å²) in [6, 6.07) is 10.9. The van der Waals surface area contributed by atoms with Crippen molar-refractivity contribution in [3.8, 4) is 0 Å². The second-order valence-corrected chi connectivity index (χ2v) is 7.97. The molecule has 0 atom stereocenters. The van der Waals surface area contributed by atoms with Crippen LogP contribution in [0.1, 0.15) is 16.7 Å². The van der Waals surface area contributed by atoms with E-state index >= 15 is 0 Å². The Hall–Kier alpha value is -3.45. The maximum absolute atomic E-state index is 12.8. The molecule has 5 rings (SSSR count). The lowest BCUT2D eigenvalue weighted by Crippen LogP contribution is -2.39. The molecule has 1 aromatic heterocycles. The van der Waals surface area contributed by atoms with Crippen molar-refractivity contribution in [1.82, 2.24) is 0 Å². The molecule has 0 unspecified atom stereocenters. The Balaban J connectivity index is 1.64. The molecular formula is C22H15N3O3S. The van der Waals surface area contributed by atoms with E-state index in [9.17, 15) is 9.59 Å². The zero-order valence-corrected chi connectivity index (χ0v) is 16.5. The number of hydrogen-bond donors (Lipinski definition) is 1. The predicted octanol–water partition coefficient (Wildman–Crippen LogP) is 4.28. The number of benzene rings is 2. The van der Waals surface area contributed by atoms with Crippen molar-refractivity contribution in [2.24, 2.45) is 4.99 Å². The number of hydrogen-bond acceptors (Lipinski definition) is 5. The number of carbonyl (C=O) groups excluding carboxylic acids is 1. The molecule has 0 spiro atoms. The fourth-order valence-corrected chi connectivity index (χ4v) is 4.51. The Morgan fingerprint density at radius 3 is 2.72 bits per heavy atom. The SMILES string of the molecule is Cc1cc2c(cc1C)N1C(=N)C(=Cc3coc4ccccc4c3=O)C(=O)N=C1S2. The van der Waals surface area contributed by atoms with Crippen LogP contribution in [0.2, 0.25) is 0 Å². The molecule has 0 radical (unpaired) electrons. The number of aryl methyl sites for hydroxylation is 2. The fourth-order valence-electron chi connectivity index (χ4n) is 3.41. The second kappa shape index (κ2) is 6.28. The minimum absolute atomic E-state index is 0.00191. The van der Waals surface area contributed by atoms with Gasteiger partial charge in [-0.2, -0.15) is 4.99 Å². The van der Waals surface area contributed by atoms with E-state index in [0.717, 1.165) is 21.7 Å². The number of anilines is 1. The number of para-hydroxylation sites is 1. The molecule has 0 saturated carbocycles. The third-order valence-electron chi connectivity index (χ3n) is 5.12. The van der Waals surface area contributed by atoms with Crippen LogP contribution in [-0.4, -0.2) is 16.9 Å². The van der Waals surface area contributed by atoms with Crippen LogP contribution >= 0.6 is 11.8 Å². The van der Waals surface area contributed by atoms with Crippen molar-refractivity contribution >= 4 is 51.4 Å². The summed E-state index contributed by atoms with van der Waals surface area (Å²) < 4.78 is 5.53. The lowest BCUT2D eigenvalue weighted by molar-refractivity contribution is -0.113. The molecule has 0 fully saturated rings. The maximum Gasteiger partial charge on any atom is 0.283 e. The second-order valence-electron chi connectivity index (χ2n) is 6.96. The number of nitrogens with one attached hydrogen (secondary N) is 1. The number of fused-ring (bicyclic) bond motifs is 4. The molecule has 3 heterocycles. The molecule has 0 saturated heterocycles. The molecule has 7 heteroatoms. The van der Waals surface area contributed by atoms with Gasteiger partial charge < -0.3 is 4.42 Å². The van der Waals surface area contributed by atoms with E-state index in [-0.39, 0.29) is 22.4 Å². The normalized spacial score (nSPS) is 17.0. The van der Waals surface area contributed by atoms with Gasteiger partial charge in [0.15, 0.2) is 10.6 Å². The molecule has 6 nitrogen and oxygen atoms in total. The van der Waals surface area contributed by atoms with Gasteiger partial charge in [-0.15, -0.1) is 0 Å². The molecule has 0 aliphatic carbocycles. The number of amidine groups is 2. The third kappa shape index (κ3) is 2.66. The Bertz CT molecular complexity index is 1370. The van der Waals surface area contributed by atoms with Gasteiger partial charge in [-0.25, -0.2) is 0 Å². The highest BCUT2D eigenvalue weighted by molar-refractivity contribution is 8.15. The van der Waals surface area contributed by atoms with Crippen LogP contribution in [0, 0.1) is 19.3 Å². The van der Waals surface area contributed by atoms with Gasteiger partial charge in [-0.3, -0.25) is 19.9 Å². The standard InChI is InChI=1S/C22H15N3O3S/c1-11-7-16-18(8-12(11)2)29-22-24-21(27)15(20(23)25(16)22)9-13-10-28-17-6-4-3-5-14(17)19(13)26/h3-10,23H,1-2H3. The van der Waals surface area contributed by atoms with Gasteiger partial charge in [0.1, 0.15) is 17.7 Å². The summed E-state index contributed by atoms with van der Waals surface area (Å²) in [6.45, 7) is 4.03. The van der Waals surface area contributed by atoms with Crippen molar-refractivity contribution in [3.63, 3.8) is 0 Å². The fraction of sp³-hybridized carbons (Fsp3) is 0.0909. The molecule has 2 aliphatic heterocycles. The first-order valence-corrected chi connectivity index (χ1v) is 9.79. The molecular weight excluding hydrogens is 386 g/mol. The highest BCUT2D eigenvalue weighted by Gasteiger charge is 2.37. The van der Waals surface area contributed by atoms with Crippen LogP contribution in [0.5, 0.6) is 0 Å². The summed E-state index contributed by atoms with van der Waals surface area (Å²) in [6.07, 6.45) is 2.71. The highest BCUT2D eigenvalue weighted by Crippen LogP contribution is 2.44. The molecule has 29 heavy (non-hydrogen) atoms. The van der Waals surface area contributed by atoms with E-state index in [1.54, 1.807) is 29.2 Å². The Morgan fingerprint density at radius 2 is 1.90 bits per heavy atom. The van der Waals surface area contributed by atoms with Crippen molar-refractivity contribution < 1.29 is 9.21 Å². The molecule has 2 aromatic carbocycles. The van der Waals surface area contributed by atoms with Crippen LogP contribution in [0.15, 0.2) is 67.3 Å². The van der Waals surface area contributed by atoms with Gasteiger partial charge in [0.25, 0.3) is 5.91 Å². The summed E-state index contributed by atoms with van der Waals surface area (Å²) in [5.41, 5.74) is 3.55. The van der Waals surface area contributed by atoms with Gasteiger partial charge in [-0.05, 0) is 67.1 Å². The topological polar surface area (TPSA) is 86.7 Å². The summed E-state index contributed by atoms with van der Waals surface area (Å²) in [7, 11) is 0.